The predicted octanol–water partition coefficient (Wildman–Crippen LogP) is 2.15. The highest BCUT2D eigenvalue weighted by Crippen LogP contribution is 2.13. The van der Waals surface area contributed by atoms with Gasteiger partial charge in [-0.3, -0.25) is 0 Å². The number of aliphatic hydroxyl groups is 1. The molecule has 0 saturated heterocycles. The molecule has 0 bridgehead atoms. The van der Waals surface area contributed by atoms with Crippen molar-refractivity contribution in [3.8, 4) is 0 Å². The minimum Gasteiger partial charge on any atom is -0.395 e. The normalized spacial score (nSPS) is 14.9. The highest BCUT2D eigenvalue weighted by Gasteiger charge is 2.08. The van der Waals surface area contributed by atoms with Gasteiger partial charge in [0.15, 0.2) is 0 Å². The molecular formula is C13H21NO. The number of rotatable bonds is 6. The highest BCUT2D eigenvalue weighted by molar-refractivity contribution is 5.18. The van der Waals surface area contributed by atoms with Gasteiger partial charge in [0.05, 0.1) is 6.61 Å². The molecule has 0 saturated carbocycles. The fourth-order valence-electron chi connectivity index (χ4n) is 1.58. The van der Waals surface area contributed by atoms with Gasteiger partial charge < -0.3 is 10.4 Å². The third-order valence-electron chi connectivity index (χ3n) is 2.79. The standard InChI is InChI=1S/C13H21NO/c1-3-13(10-15)14-9-11(2)12-7-5-4-6-8-12/h4-8,11,13-15H,3,9-10H2,1-2H3/t11-,13-/m0/s1. The molecule has 2 heteroatoms. The zero-order chi connectivity index (χ0) is 11.1. The summed E-state index contributed by atoms with van der Waals surface area (Å²) >= 11 is 0. The van der Waals surface area contributed by atoms with E-state index in [0.29, 0.717) is 5.92 Å². The molecule has 0 aromatic heterocycles. The number of hydrogen-bond donors (Lipinski definition) is 2. The summed E-state index contributed by atoms with van der Waals surface area (Å²) in [5.41, 5.74) is 1.35. The zero-order valence-corrected chi connectivity index (χ0v) is 9.61. The van der Waals surface area contributed by atoms with Crippen LogP contribution in [0.15, 0.2) is 30.3 Å². The monoisotopic (exact) mass is 207 g/mol. The Hall–Kier alpha value is -0.860. The van der Waals surface area contributed by atoms with Gasteiger partial charge in [-0.25, -0.2) is 0 Å². The van der Waals surface area contributed by atoms with Crippen molar-refractivity contribution in [1.29, 1.82) is 0 Å². The maximum absolute atomic E-state index is 9.05. The number of nitrogens with one attached hydrogen (secondary N) is 1. The molecule has 1 aromatic rings. The number of aliphatic hydroxyl groups excluding tert-OH is 1. The lowest BCUT2D eigenvalue weighted by Crippen LogP contribution is -2.34. The Bertz CT molecular complexity index is 256. The van der Waals surface area contributed by atoms with E-state index < -0.39 is 0 Å². The SMILES string of the molecule is CC[C@@H](CO)NC[C@H](C)c1ccccc1. The lowest BCUT2D eigenvalue weighted by molar-refractivity contribution is 0.238. The van der Waals surface area contributed by atoms with Crippen LogP contribution >= 0.6 is 0 Å². The maximum Gasteiger partial charge on any atom is 0.0584 e. The van der Waals surface area contributed by atoms with Crippen LogP contribution in [0.3, 0.4) is 0 Å². The summed E-state index contributed by atoms with van der Waals surface area (Å²) in [5.74, 6) is 0.492. The van der Waals surface area contributed by atoms with Gasteiger partial charge in [-0.1, -0.05) is 44.2 Å². The van der Waals surface area contributed by atoms with E-state index in [1.54, 1.807) is 0 Å². The molecule has 2 nitrogen and oxygen atoms in total. The lowest BCUT2D eigenvalue weighted by atomic mass is 10.0. The van der Waals surface area contributed by atoms with Crippen LogP contribution in [0.25, 0.3) is 0 Å². The Balaban J connectivity index is 2.39. The van der Waals surface area contributed by atoms with Gasteiger partial charge >= 0.3 is 0 Å². The van der Waals surface area contributed by atoms with Crippen molar-refractivity contribution in [3.63, 3.8) is 0 Å². The third-order valence-corrected chi connectivity index (χ3v) is 2.79. The van der Waals surface area contributed by atoms with Crippen molar-refractivity contribution in [1.82, 2.24) is 5.32 Å². The summed E-state index contributed by atoms with van der Waals surface area (Å²) in [6.45, 7) is 5.43. The average Bonchev–Trinajstić information content (AvgIpc) is 2.31. The van der Waals surface area contributed by atoms with E-state index in [1.807, 2.05) is 6.07 Å². The summed E-state index contributed by atoms with van der Waals surface area (Å²) in [6, 6.07) is 10.7. The second-order valence-electron chi connectivity index (χ2n) is 4.01. The molecule has 0 amide bonds. The number of benzene rings is 1. The van der Waals surface area contributed by atoms with Crippen LogP contribution in [0.1, 0.15) is 31.7 Å². The van der Waals surface area contributed by atoms with Gasteiger partial charge in [0.2, 0.25) is 0 Å². The van der Waals surface area contributed by atoms with Gasteiger partial charge in [0.25, 0.3) is 0 Å². The van der Waals surface area contributed by atoms with Crippen molar-refractivity contribution in [3.05, 3.63) is 35.9 Å². The van der Waals surface area contributed by atoms with Crippen LogP contribution in [0, 0.1) is 0 Å². The molecule has 0 aliphatic heterocycles. The quantitative estimate of drug-likeness (QED) is 0.749. The highest BCUT2D eigenvalue weighted by atomic mass is 16.3. The first kappa shape index (κ1) is 12.2. The summed E-state index contributed by atoms with van der Waals surface area (Å²) in [6.07, 6.45) is 0.970. The minimum absolute atomic E-state index is 0.220. The Morgan fingerprint density at radius 2 is 1.93 bits per heavy atom. The van der Waals surface area contributed by atoms with Crippen LogP contribution in [-0.4, -0.2) is 24.3 Å². The lowest BCUT2D eigenvalue weighted by Gasteiger charge is -2.18. The Kier molecular flexibility index (Phi) is 5.37. The van der Waals surface area contributed by atoms with Crippen LogP contribution in [-0.2, 0) is 0 Å². The first-order valence-electron chi connectivity index (χ1n) is 5.67. The summed E-state index contributed by atoms with van der Waals surface area (Å²) < 4.78 is 0. The van der Waals surface area contributed by atoms with Crippen LogP contribution in [0.5, 0.6) is 0 Å². The molecular weight excluding hydrogens is 186 g/mol. The van der Waals surface area contributed by atoms with E-state index in [9.17, 15) is 0 Å². The fraction of sp³-hybridized carbons (Fsp3) is 0.538. The zero-order valence-electron chi connectivity index (χ0n) is 9.61. The van der Waals surface area contributed by atoms with Crippen molar-refractivity contribution < 1.29 is 5.11 Å². The van der Waals surface area contributed by atoms with Gasteiger partial charge in [0.1, 0.15) is 0 Å². The second kappa shape index (κ2) is 6.59. The largest absolute Gasteiger partial charge is 0.395 e. The molecule has 2 N–H and O–H groups in total. The Labute approximate surface area is 92.3 Å². The van der Waals surface area contributed by atoms with Crippen LogP contribution < -0.4 is 5.32 Å². The second-order valence-corrected chi connectivity index (χ2v) is 4.01. The molecule has 0 unspecified atom stereocenters. The molecule has 15 heavy (non-hydrogen) atoms. The van der Waals surface area contributed by atoms with E-state index in [-0.39, 0.29) is 12.6 Å². The van der Waals surface area contributed by atoms with Crippen molar-refractivity contribution in [2.75, 3.05) is 13.2 Å². The average molecular weight is 207 g/mol. The molecule has 2 atom stereocenters. The van der Waals surface area contributed by atoms with Crippen molar-refractivity contribution in [2.24, 2.45) is 0 Å². The summed E-state index contributed by atoms with van der Waals surface area (Å²) in [7, 11) is 0. The fourth-order valence-corrected chi connectivity index (χ4v) is 1.58. The molecule has 0 fully saturated rings. The number of hydrogen-bond acceptors (Lipinski definition) is 2. The molecule has 0 heterocycles. The van der Waals surface area contributed by atoms with E-state index in [0.717, 1.165) is 13.0 Å². The molecule has 84 valence electrons. The molecule has 0 spiro atoms. The molecule has 0 radical (unpaired) electrons. The van der Waals surface area contributed by atoms with E-state index in [2.05, 4.69) is 43.4 Å². The van der Waals surface area contributed by atoms with Gasteiger partial charge in [-0.2, -0.15) is 0 Å². The smallest absolute Gasteiger partial charge is 0.0584 e. The first-order valence-corrected chi connectivity index (χ1v) is 5.67. The first-order chi connectivity index (χ1) is 7.27. The summed E-state index contributed by atoms with van der Waals surface area (Å²) in [5, 5.41) is 12.4. The van der Waals surface area contributed by atoms with Gasteiger partial charge in [-0.05, 0) is 17.9 Å². The van der Waals surface area contributed by atoms with Crippen molar-refractivity contribution in [2.45, 2.75) is 32.2 Å². The van der Waals surface area contributed by atoms with Crippen LogP contribution in [0.4, 0.5) is 0 Å². The van der Waals surface area contributed by atoms with E-state index in [4.69, 9.17) is 5.11 Å². The minimum atomic E-state index is 0.220. The van der Waals surface area contributed by atoms with E-state index in [1.165, 1.54) is 5.56 Å². The Morgan fingerprint density at radius 1 is 1.27 bits per heavy atom. The molecule has 1 aromatic carbocycles. The summed E-state index contributed by atoms with van der Waals surface area (Å²) in [4.78, 5) is 0. The maximum atomic E-state index is 9.05. The molecule has 0 aliphatic rings. The van der Waals surface area contributed by atoms with Gasteiger partial charge in [-0.15, -0.1) is 0 Å². The Morgan fingerprint density at radius 3 is 2.47 bits per heavy atom. The topological polar surface area (TPSA) is 32.3 Å². The van der Waals surface area contributed by atoms with Gasteiger partial charge in [0, 0.05) is 12.6 Å². The predicted molar refractivity (Wildman–Crippen MR) is 64.0 cm³/mol. The molecule has 0 aliphatic carbocycles. The van der Waals surface area contributed by atoms with Crippen molar-refractivity contribution >= 4 is 0 Å². The molecule has 1 rings (SSSR count). The van der Waals surface area contributed by atoms with E-state index >= 15 is 0 Å². The third kappa shape index (κ3) is 4.02. The van der Waals surface area contributed by atoms with Crippen LogP contribution in [0.2, 0.25) is 0 Å².